The fraction of sp³-hybridized carbons (Fsp3) is 0.825. The molecule has 1 aromatic carbocycles. The van der Waals surface area contributed by atoms with E-state index in [0.717, 1.165) is 50.7 Å². The van der Waals surface area contributed by atoms with Crippen molar-refractivity contribution in [3.8, 4) is 5.75 Å². The highest BCUT2D eigenvalue weighted by atomic mass is 19.4. The monoisotopic (exact) mass is 781 g/mol. The second-order valence-electron chi connectivity index (χ2n) is 18.2. The first-order valence-electron chi connectivity index (χ1n) is 20.3. The van der Waals surface area contributed by atoms with E-state index in [4.69, 9.17) is 43.2 Å². The number of ether oxygens (including phenoxy) is 6. The van der Waals surface area contributed by atoms with Crippen LogP contribution in [0.15, 0.2) is 24.3 Å². The molecule has 10 fully saturated rings. The summed E-state index contributed by atoms with van der Waals surface area (Å²) in [5.41, 5.74) is -1.33. The largest absolute Gasteiger partial charge is 0.573 e. The van der Waals surface area contributed by atoms with E-state index in [2.05, 4.69) is 37.7 Å². The number of hydrogen-bond acceptors (Lipinski definition) is 11. The molecule has 8 aliphatic heterocycles. The fourth-order valence-corrected chi connectivity index (χ4v) is 12.1. The number of fused-ring (bicyclic) bond motifs is 4. The van der Waals surface area contributed by atoms with Gasteiger partial charge in [0.1, 0.15) is 18.0 Å². The third kappa shape index (κ3) is 6.29. The second kappa shape index (κ2) is 13.4. The molecule has 8 heterocycles. The van der Waals surface area contributed by atoms with Gasteiger partial charge >= 0.3 is 12.5 Å². The normalized spacial score (nSPS) is 49.1. The van der Waals surface area contributed by atoms with Crippen molar-refractivity contribution in [2.75, 3.05) is 5.32 Å². The molecule has 17 atom stereocenters. The van der Waals surface area contributed by atoms with Gasteiger partial charge in [-0.25, -0.2) is 24.3 Å². The fourth-order valence-electron chi connectivity index (χ4n) is 12.1. The van der Waals surface area contributed by atoms with Crippen LogP contribution in [-0.2, 0) is 43.2 Å². The van der Waals surface area contributed by atoms with Gasteiger partial charge in [0.05, 0.1) is 6.10 Å². The smallest absolute Gasteiger partial charge is 0.443 e. The van der Waals surface area contributed by atoms with Gasteiger partial charge in [0.2, 0.25) is 11.6 Å². The number of carbonyl (C=O) groups is 1. The Morgan fingerprint density at radius 2 is 1.31 bits per heavy atom. The van der Waals surface area contributed by atoms with Crippen LogP contribution in [0.3, 0.4) is 0 Å². The molecule has 306 valence electrons. The topological polar surface area (TPSA) is 121 Å². The predicted octanol–water partition coefficient (Wildman–Crippen LogP) is 8.39. The third-order valence-corrected chi connectivity index (χ3v) is 14.9. The van der Waals surface area contributed by atoms with Crippen molar-refractivity contribution in [2.45, 2.75) is 159 Å². The van der Waals surface area contributed by atoms with Crippen molar-refractivity contribution in [3.05, 3.63) is 24.3 Å². The molecule has 2 aliphatic carbocycles. The van der Waals surface area contributed by atoms with E-state index in [-0.39, 0.29) is 47.6 Å². The summed E-state index contributed by atoms with van der Waals surface area (Å²) < 4.78 is 76.1. The zero-order valence-corrected chi connectivity index (χ0v) is 32.3. The average Bonchev–Trinajstić information content (AvgIpc) is 3.50. The number of anilines is 1. The lowest BCUT2D eigenvalue weighted by Gasteiger charge is -2.62. The maximum atomic E-state index is 13.8. The molecule has 0 aromatic heterocycles. The molecule has 10 aliphatic rings. The highest BCUT2D eigenvalue weighted by Gasteiger charge is 2.72. The Balaban J connectivity index is 1.02. The van der Waals surface area contributed by atoms with Gasteiger partial charge in [-0.1, -0.05) is 27.7 Å². The minimum Gasteiger partial charge on any atom is -0.443 e. The summed E-state index contributed by atoms with van der Waals surface area (Å²) in [5.74, 6) is -1.34. The first-order valence-corrected chi connectivity index (χ1v) is 20.3. The number of amides is 1. The maximum absolute atomic E-state index is 13.8. The Labute approximate surface area is 319 Å². The van der Waals surface area contributed by atoms with E-state index >= 15 is 0 Å². The van der Waals surface area contributed by atoms with Gasteiger partial charge in [0, 0.05) is 36.8 Å². The minimum absolute atomic E-state index is 0.0181. The lowest BCUT2D eigenvalue weighted by molar-refractivity contribution is -0.573. The van der Waals surface area contributed by atoms with E-state index in [1.807, 2.05) is 13.8 Å². The molecule has 0 radical (unpaired) electrons. The summed E-state index contributed by atoms with van der Waals surface area (Å²) in [5, 5.41) is 2.70. The minimum atomic E-state index is -4.84. The molecule has 4 bridgehead atoms. The molecule has 3 unspecified atom stereocenters. The molecule has 12 nitrogen and oxygen atoms in total. The van der Waals surface area contributed by atoms with Gasteiger partial charge in [0.15, 0.2) is 23.8 Å². The van der Waals surface area contributed by atoms with Crippen molar-refractivity contribution < 1.29 is 65.9 Å². The summed E-state index contributed by atoms with van der Waals surface area (Å²) in [4.78, 5) is 38.7. The number of hydrogen-bond donors (Lipinski definition) is 1. The first-order chi connectivity index (χ1) is 26.0. The summed E-state index contributed by atoms with van der Waals surface area (Å²) in [6.45, 7) is 12.6. The predicted molar refractivity (Wildman–Crippen MR) is 185 cm³/mol. The number of halogens is 3. The number of rotatable bonds is 6. The SMILES string of the molecule is C[C@H]1[C@@H](C[C@H](OC(=O)Nc2ccc(OC(F)(F)F)cc2)C2O[C@@H]3O[C@]4(C)CC[C@H]5[C@H](C)CC[C@@H]([C@H]2C)C35OO4)O[C@@H]2O[C@]3(C)CC[C@H]4[C@H](C)CC[C@@H]1C24OO3. The van der Waals surface area contributed by atoms with Gasteiger partial charge in [-0.05, 0) is 112 Å². The molecule has 2 saturated carbocycles. The number of benzene rings is 1. The zero-order chi connectivity index (χ0) is 38.7. The van der Waals surface area contributed by atoms with Crippen LogP contribution in [0.25, 0.3) is 0 Å². The molecule has 8 saturated heterocycles. The van der Waals surface area contributed by atoms with Crippen LogP contribution in [0, 0.1) is 47.3 Å². The second-order valence-corrected chi connectivity index (χ2v) is 18.2. The number of alkyl halides is 3. The van der Waals surface area contributed by atoms with Crippen LogP contribution >= 0.6 is 0 Å². The van der Waals surface area contributed by atoms with Crippen molar-refractivity contribution in [1.29, 1.82) is 0 Å². The molecular weight excluding hydrogens is 727 g/mol. The number of carbonyl (C=O) groups excluding carboxylic acids is 1. The van der Waals surface area contributed by atoms with Crippen LogP contribution in [-0.4, -0.2) is 66.1 Å². The molecule has 1 aromatic rings. The molecule has 1 amide bonds. The molecule has 1 N–H and O–H groups in total. The summed E-state index contributed by atoms with van der Waals surface area (Å²) >= 11 is 0. The Morgan fingerprint density at radius 1 is 0.764 bits per heavy atom. The van der Waals surface area contributed by atoms with Crippen LogP contribution in [0.2, 0.25) is 0 Å². The lowest BCUT2D eigenvalue weighted by Crippen LogP contribution is -2.72. The van der Waals surface area contributed by atoms with Gasteiger partial charge < -0.3 is 28.4 Å². The van der Waals surface area contributed by atoms with E-state index in [1.54, 1.807) is 0 Å². The summed E-state index contributed by atoms with van der Waals surface area (Å²) in [6.07, 6.45) is -1.69. The molecule has 11 rings (SSSR count). The van der Waals surface area contributed by atoms with Gasteiger partial charge in [0.25, 0.3) is 0 Å². The Bertz CT molecular complexity index is 1620. The molecular formula is C40H54F3NO11. The van der Waals surface area contributed by atoms with Crippen molar-refractivity contribution in [2.24, 2.45) is 47.3 Å². The Morgan fingerprint density at radius 3 is 1.87 bits per heavy atom. The highest BCUT2D eigenvalue weighted by Crippen LogP contribution is 2.63. The van der Waals surface area contributed by atoms with Crippen molar-refractivity contribution in [3.63, 3.8) is 0 Å². The standard InChI is InChI=1S/C40H54F3NO11/c1-20-7-13-28-22(3)30(46-33-38(28)26(20)15-17-36(5,50-33)52-54-38)19-31(47-35(45)44-24-9-11-25(12-10-24)49-40(41,42)43)32-23(4)29-14-8-21(2)27-16-18-37(6)51-34(48-32)39(27,29)55-53-37/h9-12,20-23,26-34H,7-8,13-19H2,1-6H3,(H,44,45)/t20-,21-,22-,23-,26+,27+,28+,29+,30-,31+,32?,33-,34-,36+,37+,38?,39?/m1/s1. The molecule has 15 heteroatoms. The van der Waals surface area contributed by atoms with Crippen LogP contribution in [0.5, 0.6) is 5.75 Å². The van der Waals surface area contributed by atoms with Crippen molar-refractivity contribution in [1.82, 2.24) is 0 Å². The van der Waals surface area contributed by atoms with Crippen LogP contribution < -0.4 is 10.1 Å². The summed E-state index contributed by atoms with van der Waals surface area (Å²) in [7, 11) is 0. The average molecular weight is 782 g/mol. The van der Waals surface area contributed by atoms with E-state index in [0.29, 0.717) is 24.7 Å². The maximum Gasteiger partial charge on any atom is 0.573 e. The van der Waals surface area contributed by atoms with Crippen LogP contribution in [0.1, 0.15) is 99.3 Å². The highest BCUT2D eigenvalue weighted by molar-refractivity contribution is 5.84. The Kier molecular flexibility index (Phi) is 9.33. The van der Waals surface area contributed by atoms with E-state index in [1.165, 1.54) is 12.1 Å². The van der Waals surface area contributed by atoms with E-state index < -0.39 is 71.9 Å². The Hall–Kier alpha value is -2.24. The van der Waals surface area contributed by atoms with Crippen LogP contribution in [0.4, 0.5) is 23.7 Å². The van der Waals surface area contributed by atoms with Gasteiger partial charge in [-0.2, -0.15) is 0 Å². The lowest BCUT2D eigenvalue weighted by atomic mass is 9.56. The molecule has 55 heavy (non-hydrogen) atoms. The van der Waals surface area contributed by atoms with Gasteiger partial charge in [-0.15, -0.1) is 13.2 Å². The van der Waals surface area contributed by atoms with Crippen molar-refractivity contribution >= 4 is 11.8 Å². The zero-order valence-electron chi connectivity index (χ0n) is 32.3. The van der Waals surface area contributed by atoms with Gasteiger partial charge in [-0.3, -0.25) is 5.32 Å². The first kappa shape index (κ1) is 38.3. The number of nitrogens with one attached hydrogen (secondary N) is 1. The molecule has 2 spiro atoms. The van der Waals surface area contributed by atoms with E-state index in [9.17, 15) is 18.0 Å². The quantitative estimate of drug-likeness (QED) is 0.280. The summed E-state index contributed by atoms with van der Waals surface area (Å²) in [6, 6.07) is 4.91. The third-order valence-electron chi connectivity index (χ3n) is 14.9.